The van der Waals surface area contributed by atoms with Crippen LogP contribution < -0.4 is 5.32 Å². The highest BCUT2D eigenvalue weighted by Gasteiger charge is 2.25. The van der Waals surface area contributed by atoms with Crippen LogP contribution in [0.1, 0.15) is 52.4 Å². The van der Waals surface area contributed by atoms with Gasteiger partial charge in [-0.1, -0.05) is 39.5 Å². The molecule has 0 radical (unpaired) electrons. The molecule has 0 spiro atoms. The number of ether oxygens (including phenoxy) is 1. The molecule has 0 saturated heterocycles. The molecule has 1 aliphatic rings. The monoisotopic (exact) mass is 227 g/mol. The van der Waals surface area contributed by atoms with Gasteiger partial charge in [0.1, 0.15) is 6.04 Å². The molecule has 1 saturated carbocycles. The molecule has 0 aromatic heterocycles. The third-order valence-corrected chi connectivity index (χ3v) is 3.39. The van der Waals surface area contributed by atoms with Crippen LogP contribution in [-0.2, 0) is 9.53 Å². The zero-order valence-electron chi connectivity index (χ0n) is 10.8. The Bertz CT molecular complexity index is 208. The first kappa shape index (κ1) is 13.5. The van der Waals surface area contributed by atoms with Gasteiger partial charge in [0, 0.05) is 6.04 Å². The third kappa shape index (κ3) is 4.12. The number of hydrogen-bond donors (Lipinski definition) is 1. The molecule has 3 nitrogen and oxygen atoms in total. The Hall–Kier alpha value is -0.570. The fourth-order valence-corrected chi connectivity index (χ4v) is 2.36. The lowest BCUT2D eigenvalue weighted by molar-refractivity contribution is -0.144. The number of nitrogens with one attached hydrogen (secondary N) is 1. The average molecular weight is 227 g/mol. The quantitative estimate of drug-likeness (QED) is 0.592. The van der Waals surface area contributed by atoms with Gasteiger partial charge in [-0.15, -0.1) is 0 Å². The van der Waals surface area contributed by atoms with Crippen molar-refractivity contribution in [2.24, 2.45) is 5.92 Å². The standard InChI is InChI=1S/C13H25NO2/c1-10(2)12(13(15)16-3)14-11-8-6-4-5-7-9-11/h10-12,14H,4-9H2,1-3H3/t12-/m0/s1. The Morgan fingerprint density at radius 2 is 1.75 bits per heavy atom. The first-order valence-corrected chi connectivity index (χ1v) is 6.49. The summed E-state index contributed by atoms with van der Waals surface area (Å²) in [6.45, 7) is 4.12. The topological polar surface area (TPSA) is 38.3 Å². The molecule has 94 valence electrons. The van der Waals surface area contributed by atoms with Crippen molar-refractivity contribution in [2.75, 3.05) is 7.11 Å². The van der Waals surface area contributed by atoms with E-state index in [1.54, 1.807) is 0 Å². The van der Waals surface area contributed by atoms with E-state index in [0.717, 1.165) is 0 Å². The molecule has 1 atom stereocenters. The van der Waals surface area contributed by atoms with Crippen LogP contribution in [0.4, 0.5) is 0 Å². The lowest BCUT2D eigenvalue weighted by Gasteiger charge is -2.25. The van der Waals surface area contributed by atoms with Gasteiger partial charge in [-0.25, -0.2) is 0 Å². The van der Waals surface area contributed by atoms with E-state index in [2.05, 4.69) is 19.2 Å². The second-order valence-corrected chi connectivity index (χ2v) is 5.10. The van der Waals surface area contributed by atoms with Crippen molar-refractivity contribution >= 4 is 5.97 Å². The van der Waals surface area contributed by atoms with Crippen LogP contribution in [0.5, 0.6) is 0 Å². The SMILES string of the molecule is COC(=O)[C@@H](NC1CCCCCC1)C(C)C. The van der Waals surface area contributed by atoms with E-state index < -0.39 is 0 Å². The van der Waals surface area contributed by atoms with Gasteiger partial charge in [0.15, 0.2) is 0 Å². The van der Waals surface area contributed by atoms with E-state index in [9.17, 15) is 4.79 Å². The van der Waals surface area contributed by atoms with Gasteiger partial charge in [-0.2, -0.15) is 0 Å². The van der Waals surface area contributed by atoms with E-state index in [1.165, 1.54) is 45.6 Å². The molecule has 0 aromatic rings. The lowest BCUT2D eigenvalue weighted by atomic mass is 10.0. The first-order valence-electron chi connectivity index (χ1n) is 6.49. The molecular weight excluding hydrogens is 202 g/mol. The maximum Gasteiger partial charge on any atom is 0.323 e. The van der Waals surface area contributed by atoms with Gasteiger partial charge < -0.3 is 10.1 Å². The van der Waals surface area contributed by atoms with Crippen LogP contribution in [0, 0.1) is 5.92 Å². The Labute approximate surface area is 98.9 Å². The average Bonchev–Trinajstić information content (AvgIpc) is 2.52. The summed E-state index contributed by atoms with van der Waals surface area (Å²) < 4.78 is 4.85. The second-order valence-electron chi connectivity index (χ2n) is 5.10. The lowest BCUT2D eigenvalue weighted by Crippen LogP contribution is -2.46. The smallest absolute Gasteiger partial charge is 0.323 e. The van der Waals surface area contributed by atoms with Crippen molar-refractivity contribution in [3.8, 4) is 0 Å². The van der Waals surface area contributed by atoms with Gasteiger partial charge in [0.2, 0.25) is 0 Å². The Balaban J connectivity index is 2.49. The largest absolute Gasteiger partial charge is 0.468 e. The Morgan fingerprint density at radius 1 is 1.19 bits per heavy atom. The molecule has 1 aliphatic carbocycles. The Morgan fingerprint density at radius 3 is 2.19 bits per heavy atom. The van der Waals surface area contributed by atoms with Crippen LogP contribution in [0.15, 0.2) is 0 Å². The normalized spacial score (nSPS) is 20.5. The second kappa shape index (κ2) is 6.89. The molecular formula is C13H25NO2. The van der Waals surface area contributed by atoms with Gasteiger partial charge in [0.05, 0.1) is 7.11 Å². The summed E-state index contributed by atoms with van der Waals surface area (Å²) >= 11 is 0. The molecule has 1 fully saturated rings. The van der Waals surface area contributed by atoms with Gasteiger partial charge >= 0.3 is 5.97 Å². The maximum atomic E-state index is 11.6. The van der Waals surface area contributed by atoms with Crippen molar-refractivity contribution in [3.05, 3.63) is 0 Å². The van der Waals surface area contributed by atoms with Crippen molar-refractivity contribution in [1.29, 1.82) is 0 Å². The summed E-state index contributed by atoms with van der Waals surface area (Å²) in [6, 6.07) is 0.349. The fraction of sp³-hybridized carbons (Fsp3) is 0.923. The van der Waals surface area contributed by atoms with E-state index in [-0.39, 0.29) is 17.9 Å². The van der Waals surface area contributed by atoms with Crippen LogP contribution in [0.2, 0.25) is 0 Å². The van der Waals surface area contributed by atoms with Crippen molar-refractivity contribution in [2.45, 2.75) is 64.5 Å². The molecule has 1 rings (SSSR count). The number of methoxy groups -OCH3 is 1. The van der Waals surface area contributed by atoms with E-state index >= 15 is 0 Å². The molecule has 1 N–H and O–H groups in total. The minimum Gasteiger partial charge on any atom is -0.468 e. The number of esters is 1. The van der Waals surface area contributed by atoms with Crippen molar-refractivity contribution in [1.82, 2.24) is 5.32 Å². The van der Waals surface area contributed by atoms with Crippen LogP contribution in [-0.4, -0.2) is 25.2 Å². The van der Waals surface area contributed by atoms with Gasteiger partial charge in [0.25, 0.3) is 0 Å². The van der Waals surface area contributed by atoms with Crippen molar-refractivity contribution in [3.63, 3.8) is 0 Å². The zero-order chi connectivity index (χ0) is 12.0. The minimum absolute atomic E-state index is 0.126. The minimum atomic E-state index is -0.145. The fourth-order valence-electron chi connectivity index (χ4n) is 2.36. The van der Waals surface area contributed by atoms with E-state index in [0.29, 0.717) is 6.04 Å². The molecule has 0 aliphatic heterocycles. The van der Waals surface area contributed by atoms with Crippen LogP contribution >= 0.6 is 0 Å². The number of hydrogen-bond acceptors (Lipinski definition) is 3. The predicted octanol–water partition coefficient (Wildman–Crippen LogP) is 2.50. The van der Waals surface area contributed by atoms with Gasteiger partial charge in [-0.3, -0.25) is 4.79 Å². The molecule has 0 heterocycles. The maximum absolute atomic E-state index is 11.6. The van der Waals surface area contributed by atoms with E-state index in [1.807, 2.05) is 0 Å². The molecule has 0 unspecified atom stereocenters. The summed E-state index contributed by atoms with van der Waals surface area (Å²) in [6.07, 6.45) is 7.62. The van der Waals surface area contributed by atoms with E-state index in [4.69, 9.17) is 4.74 Å². The highest BCUT2D eigenvalue weighted by atomic mass is 16.5. The third-order valence-electron chi connectivity index (χ3n) is 3.39. The summed E-state index contributed by atoms with van der Waals surface area (Å²) in [5.74, 6) is 0.162. The summed E-state index contributed by atoms with van der Waals surface area (Å²) in [4.78, 5) is 11.6. The molecule has 0 aromatic carbocycles. The highest BCUT2D eigenvalue weighted by Crippen LogP contribution is 2.18. The molecule has 3 heteroatoms. The molecule has 16 heavy (non-hydrogen) atoms. The van der Waals surface area contributed by atoms with Crippen molar-refractivity contribution < 1.29 is 9.53 Å². The Kier molecular flexibility index (Phi) is 5.81. The number of rotatable bonds is 4. The number of carbonyl (C=O) groups is 1. The van der Waals surface area contributed by atoms with Gasteiger partial charge in [-0.05, 0) is 18.8 Å². The predicted molar refractivity (Wildman–Crippen MR) is 65.3 cm³/mol. The summed E-state index contributed by atoms with van der Waals surface area (Å²) in [7, 11) is 1.46. The molecule has 0 amide bonds. The van der Waals surface area contributed by atoms with Crippen LogP contribution in [0.3, 0.4) is 0 Å². The summed E-state index contributed by atoms with van der Waals surface area (Å²) in [5.41, 5.74) is 0. The molecule has 0 bridgehead atoms. The zero-order valence-corrected chi connectivity index (χ0v) is 10.8. The summed E-state index contributed by atoms with van der Waals surface area (Å²) in [5, 5.41) is 3.47. The highest BCUT2D eigenvalue weighted by molar-refractivity contribution is 5.75. The van der Waals surface area contributed by atoms with Crippen LogP contribution in [0.25, 0.3) is 0 Å². The first-order chi connectivity index (χ1) is 7.65. The number of carbonyl (C=O) groups excluding carboxylic acids is 1.